The maximum absolute atomic E-state index is 12.5. The first-order chi connectivity index (χ1) is 14.9. The van der Waals surface area contributed by atoms with E-state index in [4.69, 9.17) is 9.47 Å². The Morgan fingerprint density at radius 1 is 1.29 bits per heavy atom. The molecular formula is C21H19N3O6S. The van der Waals surface area contributed by atoms with Crippen molar-refractivity contribution in [1.82, 2.24) is 4.98 Å². The Labute approximate surface area is 181 Å². The molecule has 0 saturated carbocycles. The molecule has 10 heteroatoms. The zero-order valence-corrected chi connectivity index (χ0v) is 17.5. The van der Waals surface area contributed by atoms with Crippen molar-refractivity contribution in [2.45, 2.75) is 20.0 Å². The van der Waals surface area contributed by atoms with Gasteiger partial charge in [0, 0.05) is 25.1 Å². The van der Waals surface area contributed by atoms with Crippen LogP contribution in [0.15, 0.2) is 42.5 Å². The molecule has 0 unspecified atom stereocenters. The summed E-state index contributed by atoms with van der Waals surface area (Å²) in [5.41, 5.74) is 1.37. The maximum Gasteiger partial charge on any atom is 0.311 e. The van der Waals surface area contributed by atoms with Crippen molar-refractivity contribution in [3.05, 3.63) is 58.1 Å². The molecule has 0 radical (unpaired) electrons. The van der Waals surface area contributed by atoms with E-state index in [1.807, 2.05) is 25.1 Å². The standard InChI is InChI=1S/C21H19N3O6S/c1-2-29-16-7-8-17-18(10-16)31-21(22-17)23-11-14(9-19(23)25)20(26)30-12-13-3-5-15(6-4-13)24(27)28/h3-8,10,14H,2,9,11-12H2,1H3/t14-/m0/s1. The van der Waals surface area contributed by atoms with Gasteiger partial charge in [-0.2, -0.15) is 0 Å². The maximum atomic E-state index is 12.5. The molecule has 160 valence electrons. The number of thiazole rings is 1. The van der Waals surface area contributed by atoms with Gasteiger partial charge < -0.3 is 9.47 Å². The van der Waals surface area contributed by atoms with Gasteiger partial charge in [0.05, 0.1) is 27.7 Å². The van der Waals surface area contributed by atoms with Crippen LogP contribution in [-0.2, 0) is 20.9 Å². The Kier molecular flexibility index (Phi) is 5.81. The van der Waals surface area contributed by atoms with Crippen LogP contribution in [-0.4, -0.2) is 34.9 Å². The average Bonchev–Trinajstić information content (AvgIpc) is 3.35. The van der Waals surface area contributed by atoms with Crippen LogP contribution in [0.25, 0.3) is 10.2 Å². The fraction of sp³-hybridized carbons (Fsp3) is 0.286. The lowest BCUT2D eigenvalue weighted by Crippen LogP contribution is -2.26. The first-order valence-corrected chi connectivity index (χ1v) is 10.5. The molecule has 31 heavy (non-hydrogen) atoms. The minimum atomic E-state index is -0.587. The summed E-state index contributed by atoms with van der Waals surface area (Å²) in [4.78, 5) is 41.2. The van der Waals surface area contributed by atoms with E-state index in [0.29, 0.717) is 17.3 Å². The Morgan fingerprint density at radius 3 is 2.77 bits per heavy atom. The zero-order valence-electron chi connectivity index (χ0n) is 16.6. The monoisotopic (exact) mass is 441 g/mol. The number of anilines is 1. The van der Waals surface area contributed by atoms with Crippen molar-refractivity contribution >= 4 is 44.2 Å². The van der Waals surface area contributed by atoms with Crippen LogP contribution in [0.1, 0.15) is 18.9 Å². The number of ether oxygens (including phenoxy) is 2. The molecule has 1 saturated heterocycles. The fourth-order valence-corrected chi connectivity index (χ4v) is 4.32. The van der Waals surface area contributed by atoms with Gasteiger partial charge in [0.1, 0.15) is 12.4 Å². The number of rotatable bonds is 7. The van der Waals surface area contributed by atoms with Crippen molar-refractivity contribution in [3.63, 3.8) is 0 Å². The first kappa shape index (κ1) is 20.7. The van der Waals surface area contributed by atoms with E-state index in [1.54, 1.807) is 0 Å². The van der Waals surface area contributed by atoms with Crippen LogP contribution >= 0.6 is 11.3 Å². The number of hydrogen-bond acceptors (Lipinski definition) is 8. The third kappa shape index (κ3) is 4.48. The highest BCUT2D eigenvalue weighted by Crippen LogP contribution is 2.34. The van der Waals surface area contributed by atoms with Gasteiger partial charge in [0.25, 0.3) is 5.69 Å². The Hall–Kier alpha value is -3.53. The molecule has 2 aromatic carbocycles. The quantitative estimate of drug-likeness (QED) is 0.312. The van der Waals surface area contributed by atoms with Crippen molar-refractivity contribution in [2.24, 2.45) is 5.92 Å². The van der Waals surface area contributed by atoms with E-state index in [9.17, 15) is 19.7 Å². The largest absolute Gasteiger partial charge is 0.494 e. The smallest absolute Gasteiger partial charge is 0.311 e. The molecule has 0 spiro atoms. The Morgan fingerprint density at radius 2 is 2.06 bits per heavy atom. The fourth-order valence-electron chi connectivity index (χ4n) is 3.30. The summed E-state index contributed by atoms with van der Waals surface area (Å²) >= 11 is 1.37. The van der Waals surface area contributed by atoms with Crippen molar-refractivity contribution < 1.29 is 24.0 Å². The minimum Gasteiger partial charge on any atom is -0.494 e. The summed E-state index contributed by atoms with van der Waals surface area (Å²) in [6.45, 7) is 2.66. The molecule has 1 amide bonds. The number of non-ortho nitro benzene ring substituents is 1. The summed E-state index contributed by atoms with van der Waals surface area (Å²) in [6, 6.07) is 11.3. The molecule has 1 atom stereocenters. The van der Waals surface area contributed by atoms with E-state index >= 15 is 0 Å². The molecule has 4 rings (SSSR count). The predicted molar refractivity (Wildman–Crippen MR) is 114 cm³/mol. The molecule has 2 heterocycles. The third-order valence-corrected chi connectivity index (χ3v) is 5.92. The number of carbonyl (C=O) groups is 2. The average molecular weight is 441 g/mol. The Bertz CT molecular complexity index is 1140. The van der Waals surface area contributed by atoms with Crippen LogP contribution in [0.2, 0.25) is 0 Å². The Balaban J connectivity index is 1.39. The van der Waals surface area contributed by atoms with Crippen LogP contribution < -0.4 is 9.64 Å². The van der Waals surface area contributed by atoms with E-state index in [1.165, 1.54) is 40.5 Å². The SMILES string of the molecule is CCOc1ccc2nc(N3C[C@@H](C(=O)OCc4ccc([N+](=O)[O-])cc4)CC3=O)sc2c1. The second-order valence-corrected chi connectivity index (χ2v) is 8.00. The molecule has 0 N–H and O–H groups in total. The molecule has 9 nitrogen and oxygen atoms in total. The van der Waals surface area contributed by atoms with Crippen molar-refractivity contribution in [1.29, 1.82) is 0 Å². The molecular weight excluding hydrogens is 422 g/mol. The number of hydrogen-bond donors (Lipinski definition) is 0. The second kappa shape index (κ2) is 8.68. The summed E-state index contributed by atoms with van der Waals surface area (Å²) in [5, 5.41) is 11.2. The van der Waals surface area contributed by atoms with E-state index < -0.39 is 16.8 Å². The van der Waals surface area contributed by atoms with E-state index in [-0.39, 0.29) is 31.2 Å². The second-order valence-electron chi connectivity index (χ2n) is 7.00. The van der Waals surface area contributed by atoms with Crippen molar-refractivity contribution in [3.8, 4) is 5.75 Å². The van der Waals surface area contributed by atoms with E-state index in [0.717, 1.165) is 16.0 Å². The predicted octanol–water partition coefficient (Wildman–Crippen LogP) is 3.70. The molecule has 0 aliphatic carbocycles. The van der Waals surface area contributed by atoms with Gasteiger partial charge in [-0.1, -0.05) is 11.3 Å². The van der Waals surface area contributed by atoms with Gasteiger partial charge in [-0.05, 0) is 42.8 Å². The number of carbonyl (C=O) groups excluding carboxylic acids is 2. The summed E-state index contributed by atoms with van der Waals surface area (Å²) in [6.07, 6.45) is 0.0548. The van der Waals surface area contributed by atoms with Gasteiger partial charge in [-0.25, -0.2) is 4.98 Å². The minimum absolute atomic E-state index is 0.0111. The number of nitrogens with zero attached hydrogens (tertiary/aromatic N) is 3. The lowest BCUT2D eigenvalue weighted by atomic mass is 10.1. The summed E-state index contributed by atoms with van der Waals surface area (Å²) in [5.74, 6) is -0.502. The number of nitro benzene ring substituents is 1. The molecule has 1 fully saturated rings. The molecule has 3 aromatic rings. The van der Waals surface area contributed by atoms with Gasteiger partial charge in [-0.15, -0.1) is 0 Å². The molecule has 0 bridgehead atoms. The topological polar surface area (TPSA) is 112 Å². The number of fused-ring (bicyclic) bond motifs is 1. The first-order valence-electron chi connectivity index (χ1n) is 9.68. The van der Waals surface area contributed by atoms with E-state index in [2.05, 4.69) is 4.98 Å². The number of amides is 1. The summed E-state index contributed by atoms with van der Waals surface area (Å²) in [7, 11) is 0. The number of benzene rings is 2. The van der Waals surface area contributed by atoms with Gasteiger partial charge in [0.2, 0.25) is 5.91 Å². The zero-order chi connectivity index (χ0) is 22.0. The number of nitro groups is 1. The highest BCUT2D eigenvalue weighted by molar-refractivity contribution is 7.22. The van der Waals surface area contributed by atoms with Gasteiger partial charge in [-0.3, -0.25) is 24.6 Å². The number of aromatic nitrogens is 1. The van der Waals surface area contributed by atoms with Crippen LogP contribution in [0.5, 0.6) is 5.75 Å². The lowest BCUT2D eigenvalue weighted by molar-refractivity contribution is -0.384. The summed E-state index contributed by atoms with van der Waals surface area (Å²) < 4.78 is 11.7. The van der Waals surface area contributed by atoms with Crippen LogP contribution in [0.3, 0.4) is 0 Å². The number of esters is 1. The van der Waals surface area contributed by atoms with Crippen LogP contribution in [0, 0.1) is 16.0 Å². The molecule has 1 aliphatic rings. The van der Waals surface area contributed by atoms with Gasteiger partial charge in [0.15, 0.2) is 5.13 Å². The van der Waals surface area contributed by atoms with Crippen molar-refractivity contribution in [2.75, 3.05) is 18.1 Å². The lowest BCUT2D eigenvalue weighted by Gasteiger charge is -2.12. The highest BCUT2D eigenvalue weighted by atomic mass is 32.1. The molecule has 1 aromatic heterocycles. The highest BCUT2D eigenvalue weighted by Gasteiger charge is 2.37. The molecule has 1 aliphatic heterocycles. The van der Waals surface area contributed by atoms with Gasteiger partial charge >= 0.3 is 5.97 Å². The normalized spacial score (nSPS) is 16.0. The van der Waals surface area contributed by atoms with Crippen LogP contribution in [0.4, 0.5) is 10.8 Å². The third-order valence-electron chi connectivity index (χ3n) is 4.88.